The minimum absolute atomic E-state index is 0.343. The summed E-state index contributed by atoms with van der Waals surface area (Å²) in [5.41, 5.74) is 1.03. The summed E-state index contributed by atoms with van der Waals surface area (Å²) in [6, 6.07) is 9.91. The number of rotatable bonds is 5. The second-order valence-electron chi connectivity index (χ2n) is 4.61. The zero-order chi connectivity index (χ0) is 11.2. The van der Waals surface area contributed by atoms with Crippen LogP contribution in [0.3, 0.4) is 0 Å². The highest BCUT2D eigenvalue weighted by molar-refractivity contribution is 5.83. The highest BCUT2D eigenvalue weighted by atomic mass is 16.1. The van der Waals surface area contributed by atoms with Crippen LogP contribution in [0.25, 0.3) is 0 Å². The molecular formula is C14H19NO. The summed E-state index contributed by atoms with van der Waals surface area (Å²) in [7, 11) is 0. The molecule has 86 valence electrons. The van der Waals surface area contributed by atoms with Crippen molar-refractivity contribution in [3.63, 3.8) is 0 Å². The Morgan fingerprint density at radius 2 is 1.88 bits per heavy atom. The molecule has 1 saturated carbocycles. The van der Waals surface area contributed by atoms with Crippen LogP contribution in [0.15, 0.2) is 30.3 Å². The Bertz CT molecular complexity index is 328. The summed E-state index contributed by atoms with van der Waals surface area (Å²) in [6.45, 7) is 0.473. The maximum atomic E-state index is 11.7. The van der Waals surface area contributed by atoms with E-state index in [2.05, 4.69) is 5.32 Å². The second kappa shape index (κ2) is 5.69. The summed E-state index contributed by atoms with van der Waals surface area (Å²) in [5.74, 6) is 1.00. The number of hydrogen-bond acceptors (Lipinski definition) is 2. The maximum absolute atomic E-state index is 11.7. The van der Waals surface area contributed by atoms with E-state index >= 15 is 0 Å². The van der Waals surface area contributed by atoms with Crippen LogP contribution < -0.4 is 5.32 Å². The smallest absolute Gasteiger partial charge is 0.152 e. The van der Waals surface area contributed by atoms with Crippen molar-refractivity contribution in [2.24, 2.45) is 5.92 Å². The van der Waals surface area contributed by atoms with Crippen LogP contribution in [0.2, 0.25) is 0 Å². The Morgan fingerprint density at radius 3 is 2.56 bits per heavy atom. The van der Waals surface area contributed by atoms with Gasteiger partial charge in [0.1, 0.15) is 0 Å². The number of carbonyl (C=O) groups is 1. The van der Waals surface area contributed by atoms with Gasteiger partial charge >= 0.3 is 0 Å². The first-order valence-electron chi connectivity index (χ1n) is 6.15. The number of carbonyl (C=O) groups excluding carboxylic acids is 1. The van der Waals surface area contributed by atoms with Gasteiger partial charge in [-0.05, 0) is 18.1 Å². The molecule has 2 rings (SSSR count). The fraction of sp³-hybridized carbons (Fsp3) is 0.500. The monoisotopic (exact) mass is 217 g/mol. The van der Waals surface area contributed by atoms with Gasteiger partial charge in [-0.2, -0.15) is 0 Å². The lowest BCUT2D eigenvalue weighted by molar-refractivity contribution is -0.118. The molecule has 1 aromatic carbocycles. The predicted molar refractivity (Wildman–Crippen MR) is 66.5 cm³/mol. The molecular weight excluding hydrogens is 198 g/mol. The highest BCUT2D eigenvalue weighted by Gasteiger charge is 2.17. The minimum atomic E-state index is 0.343. The number of ketones is 1. The fourth-order valence-corrected chi connectivity index (χ4v) is 2.37. The summed E-state index contributed by atoms with van der Waals surface area (Å²) in [4.78, 5) is 11.7. The van der Waals surface area contributed by atoms with E-state index in [1.807, 2.05) is 30.3 Å². The average Bonchev–Trinajstić information content (AvgIpc) is 2.81. The predicted octanol–water partition coefficient (Wildman–Crippen LogP) is 3.25. The molecule has 0 bridgehead atoms. The number of para-hydroxylation sites is 1. The summed E-state index contributed by atoms with van der Waals surface area (Å²) in [5, 5.41) is 3.17. The Morgan fingerprint density at radius 1 is 1.19 bits per heavy atom. The van der Waals surface area contributed by atoms with E-state index in [0.717, 1.165) is 12.1 Å². The van der Waals surface area contributed by atoms with Crippen molar-refractivity contribution in [3.8, 4) is 0 Å². The van der Waals surface area contributed by atoms with E-state index in [0.29, 0.717) is 18.2 Å². The first-order chi connectivity index (χ1) is 7.84. The van der Waals surface area contributed by atoms with Gasteiger partial charge in [-0.15, -0.1) is 0 Å². The molecule has 0 aromatic heterocycles. The quantitative estimate of drug-likeness (QED) is 0.820. The second-order valence-corrected chi connectivity index (χ2v) is 4.61. The Hall–Kier alpha value is -1.31. The Kier molecular flexibility index (Phi) is 3.97. The van der Waals surface area contributed by atoms with Gasteiger partial charge in [-0.25, -0.2) is 0 Å². The molecule has 1 N–H and O–H groups in total. The number of benzene rings is 1. The third-order valence-electron chi connectivity index (χ3n) is 3.25. The van der Waals surface area contributed by atoms with Crippen molar-refractivity contribution in [3.05, 3.63) is 30.3 Å². The number of Topliss-reactive ketones (excluding diaryl/α,β-unsaturated/α-hetero) is 1. The molecule has 1 aliphatic rings. The molecule has 0 radical (unpaired) electrons. The first-order valence-corrected chi connectivity index (χ1v) is 6.15. The molecule has 0 aliphatic heterocycles. The molecule has 1 aliphatic carbocycles. The zero-order valence-electron chi connectivity index (χ0n) is 9.61. The van der Waals surface area contributed by atoms with E-state index in [9.17, 15) is 4.79 Å². The molecule has 2 heteroatoms. The van der Waals surface area contributed by atoms with Crippen LogP contribution in [0.4, 0.5) is 5.69 Å². The lowest BCUT2D eigenvalue weighted by Crippen LogP contribution is -2.16. The molecule has 1 aromatic rings. The SMILES string of the molecule is O=C(CNc1ccccc1)CC1CCCC1. The zero-order valence-corrected chi connectivity index (χ0v) is 9.61. The number of anilines is 1. The van der Waals surface area contributed by atoms with Gasteiger partial charge in [0.25, 0.3) is 0 Å². The lowest BCUT2D eigenvalue weighted by atomic mass is 10.0. The number of hydrogen-bond donors (Lipinski definition) is 1. The fourth-order valence-electron chi connectivity index (χ4n) is 2.37. The van der Waals surface area contributed by atoms with Crippen LogP contribution in [-0.4, -0.2) is 12.3 Å². The molecule has 0 saturated heterocycles. The van der Waals surface area contributed by atoms with E-state index in [1.54, 1.807) is 0 Å². The molecule has 0 heterocycles. The molecule has 0 spiro atoms. The van der Waals surface area contributed by atoms with Crippen molar-refractivity contribution in [2.75, 3.05) is 11.9 Å². The van der Waals surface area contributed by atoms with Crippen molar-refractivity contribution < 1.29 is 4.79 Å². The standard InChI is InChI=1S/C14H19NO/c16-14(10-12-6-4-5-7-12)11-15-13-8-2-1-3-9-13/h1-3,8-9,12,15H,4-7,10-11H2. The maximum Gasteiger partial charge on any atom is 0.152 e. The topological polar surface area (TPSA) is 29.1 Å². The van der Waals surface area contributed by atoms with Crippen LogP contribution >= 0.6 is 0 Å². The Balaban J connectivity index is 1.71. The number of nitrogens with one attached hydrogen (secondary N) is 1. The van der Waals surface area contributed by atoms with Gasteiger partial charge in [0, 0.05) is 12.1 Å². The molecule has 2 nitrogen and oxygen atoms in total. The van der Waals surface area contributed by atoms with E-state index in [4.69, 9.17) is 0 Å². The molecule has 0 unspecified atom stereocenters. The lowest BCUT2D eigenvalue weighted by Gasteiger charge is -2.09. The molecule has 0 atom stereocenters. The van der Waals surface area contributed by atoms with Gasteiger partial charge < -0.3 is 5.32 Å². The van der Waals surface area contributed by atoms with E-state index in [1.165, 1.54) is 25.7 Å². The van der Waals surface area contributed by atoms with Gasteiger partial charge in [0.2, 0.25) is 0 Å². The van der Waals surface area contributed by atoms with Gasteiger partial charge in [0.05, 0.1) is 6.54 Å². The summed E-state index contributed by atoms with van der Waals surface area (Å²) >= 11 is 0. The Labute approximate surface area is 97.1 Å². The highest BCUT2D eigenvalue weighted by Crippen LogP contribution is 2.27. The van der Waals surface area contributed by atoms with Gasteiger partial charge in [-0.3, -0.25) is 4.79 Å². The van der Waals surface area contributed by atoms with Gasteiger partial charge in [0.15, 0.2) is 5.78 Å². The van der Waals surface area contributed by atoms with Crippen molar-refractivity contribution in [1.29, 1.82) is 0 Å². The third kappa shape index (κ3) is 3.37. The van der Waals surface area contributed by atoms with E-state index in [-0.39, 0.29) is 0 Å². The van der Waals surface area contributed by atoms with Crippen molar-refractivity contribution in [1.82, 2.24) is 0 Å². The minimum Gasteiger partial charge on any atom is -0.378 e. The first kappa shape index (κ1) is 11.2. The largest absolute Gasteiger partial charge is 0.378 e. The van der Waals surface area contributed by atoms with Crippen molar-refractivity contribution in [2.45, 2.75) is 32.1 Å². The van der Waals surface area contributed by atoms with Crippen LogP contribution in [0.1, 0.15) is 32.1 Å². The normalized spacial score (nSPS) is 16.2. The van der Waals surface area contributed by atoms with Crippen LogP contribution in [0.5, 0.6) is 0 Å². The summed E-state index contributed by atoms with van der Waals surface area (Å²) < 4.78 is 0. The van der Waals surface area contributed by atoms with Crippen molar-refractivity contribution >= 4 is 11.5 Å². The van der Waals surface area contributed by atoms with E-state index < -0.39 is 0 Å². The molecule has 1 fully saturated rings. The van der Waals surface area contributed by atoms with Gasteiger partial charge in [-0.1, -0.05) is 43.9 Å². The molecule has 0 amide bonds. The third-order valence-corrected chi connectivity index (χ3v) is 3.25. The van der Waals surface area contributed by atoms with Crippen LogP contribution in [-0.2, 0) is 4.79 Å². The summed E-state index contributed by atoms with van der Waals surface area (Å²) in [6.07, 6.45) is 5.88. The average molecular weight is 217 g/mol. The molecule has 16 heavy (non-hydrogen) atoms. The van der Waals surface area contributed by atoms with Crippen LogP contribution in [0, 0.1) is 5.92 Å².